The highest BCUT2D eigenvalue weighted by molar-refractivity contribution is 9.10. The summed E-state index contributed by atoms with van der Waals surface area (Å²) in [4.78, 5) is 8.61. The van der Waals surface area contributed by atoms with E-state index in [1.807, 2.05) is 42.8 Å². The van der Waals surface area contributed by atoms with Crippen LogP contribution in [0.3, 0.4) is 0 Å². The largest absolute Gasteiger partial charge is 0.435 e. The highest BCUT2D eigenvalue weighted by Gasteiger charge is 2.12. The van der Waals surface area contributed by atoms with Gasteiger partial charge in [-0.05, 0) is 53.0 Å². The minimum Gasteiger partial charge on any atom is -0.435 e. The van der Waals surface area contributed by atoms with Crippen molar-refractivity contribution in [1.29, 1.82) is 0 Å². The van der Waals surface area contributed by atoms with Crippen LogP contribution in [0.4, 0.5) is 0 Å². The first-order valence-corrected chi connectivity index (χ1v) is 7.15. The number of aromatic nitrogens is 3. The van der Waals surface area contributed by atoms with Crippen molar-refractivity contribution >= 4 is 33.2 Å². The molecule has 0 saturated heterocycles. The van der Waals surface area contributed by atoms with Crippen LogP contribution in [0, 0.1) is 13.8 Å². The lowest BCUT2D eigenvalue weighted by Crippen LogP contribution is -1.97. The summed E-state index contributed by atoms with van der Waals surface area (Å²) >= 11 is 9.40. The van der Waals surface area contributed by atoms with Crippen LogP contribution in [0.5, 0.6) is 11.6 Å². The maximum atomic E-state index is 6.03. The lowest BCUT2D eigenvalue weighted by atomic mass is 10.1. The maximum Gasteiger partial charge on any atom is 0.264 e. The summed E-state index contributed by atoms with van der Waals surface area (Å²) < 4.78 is 8.50. The number of hydrogen-bond acceptors (Lipinski definition) is 3. The van der Waals surface area contributed by atoms with Crippen LogP contribution in [-0.4, -0.2) is 14.4 Å². The van der Waals surface area contributed by atoms with E-state index in [4.69, 9.17) is 16.3 Å². The summed E-state index contributed by atoms with van der Waals surface area (Å²) in [5.41, 5.74) is 2.59. The van der Waals surface area contributed by atoms with Crippen LogP contribution in [0.1, 0.15) is 11.1 Å². The predicted molar refractivity (Wildman–Crippen MR) is 81.7 cm³/mol. The second kappa shape index (κ2) is 5.07. The van der Waals surface area contributed by atoms with Crippen molar-refractivity contribution < 1.29 is 4.74 Å². The number of halogens is 2. The van der Waals surface area contributed by atoms with E-state index in [2.05, 4.69) is 25.9 Å². The second-order valence-corrected chi connectivity index (χ2v) is 5.75. The van der Waals surface area contributed by atoms with Crippen molar-refractivity contribution in [2.24, 2.45) is 0 Å². The summed E-state index contributed by atoms with van der Waals surface area (Å²) in [6, 6.07) is 3.73. The van der Waals surface area contributed by atoms with E-state index in [9.17, 15) is 0 Å². The molecule has 2 heterocycles. The zero-order valence-electron chi connectivity index (χ0n) is 10.9. The first kappa shape index (κ1) is 13.4. The lowest BCUT2D eigenvalue weighted by molar-refractivity contribution is 0.457. The molecule has 3 aromatic rings. The molecule has 0 radical (unpaired) electrons. The summed E-state index contributed by atoms with van der Waals surface area (Å²) in [5.74, 6) is 1.21. The summed E-state index contributed by atoms with van der Waals surface area (Å²) in [6.45, 7) is 3.91. The highest BCUT2D eigenvalue weighted by atomic mass is 79.9. The quantitative estimate of drug-likeness (QED) is 0.679. The number of fused-ring (bicyclic) bond motifs is 1. The van der Waals surface area contributed by atoms with Gasteiger partial charge in [0.1, 0.15) is 10.4 Å². The molecule has 0 amide bonds. The lowest BCUT2D eigenvalue weighted by Gasteiger charge is -2.12. The molecule has 0 saturated carbocycles. The van der Waals surface area contributed by atoms with Crippen LogP contribution >= 0.6 is 27.5 Å². The normalized spacial score (nSPS) is 11.0. The van der Waals surface area contributed by atoms with E-state index in [1.54, 1.807) is 6.20 Å². The first-order chi connectivity index (χ1) is 9.54. The van der Waals surface area contributed by atoms with Gasteiger partial charge in [-0.1, -0.05) is 11.6 Å². The molecule has 0 atom stereocenters. The average Bonchev–Trinajstić information content (AvgIpc) is 2.81. The van der Waals surface area contributed by atoms with E-state index in [0.29, 0.717) is 21.2 Å². The molecule has 4 nitrogen and oxygen atoms in total. The Bertz CT molecular complexity index is 777. The summed E-state index contributed by atoms with van der Waals surface area (Å²) in [7, 11) is 0. The third-order valence-corrected chi connectivity index (χ3v) is 3.54. The molecule has 0 aliphatic heterocycles. The van der Waals surface area contributed by atoms with Gasteiger partial charge in [0.2, 0.25) is 5.65 Å². The Hall–Kier alpha value is -1.59. The van der Waals surface area contributed by atoms with E-state index in [-0.39, 0.29) is 0 Å². The molecule has 0 aliphatic carbocycles. The molecule has 1 aromatic carbocycles. The minimum absolute atomic E-state index is 0.456. The molecule has 0 bridgehead atoms. The monoisotopic (exact) mass is 351 g/mol. The van der Waals surface area contributed by atoms with Crippen LogP contribution in [-0.2, 0) is 0 Å². The molecular weight excluding hydrogens is 342 g/mol. The molecule has 0 fully saturated rings. The molecule has 0 N–H and O–H groups in total. The molecule has 20 heavy (non-hydrogen) atoms. The van der Waals surface area contributed by atoms with Crippen molar-refractivity contribution in [1.82, 2.24) is 14.4 Å². The Morgan fingerprint density at radius 3 is 2.65 bits per heavy atom. The van der Waals surface area contributed by atoms with Crippen LogP contribution in [0.2, 0.25) is 5.02 Å². The fourth-order valence-corrected chi connectivity index (χ4v) is 2.81. The van der Waals surface area contributed by atoms with Gasteiger partial charge in [0.25, 0.3) is 5.88 Å². The molecule has 3 rings (SSSR count). The van der Waals surface area contributed by atoms with E-state index in [1.165, 1.54) is 0 Å². The van der Waals surface area contributed by atoms with Gasteiger partial charge in [-0.15, -0.1) is 0 Å². The minimum atomic E-state index is 0.456. The van der Waals surface area contributed by atoms with Crippen LogP contribution in [0.15, 0.2) is 35.3 Å². The number of nitrogens with zero attached hydrogens (tertiary/aromatic N) is 3. The van der Waals surface area contributed by atoms with Crippen LogP contribution < -0.4 is 4.74 Å². The zero-order valence-corrected chi connectivity index (χ0v) is 13.2. The Morgan fingerprint density at radius 2 is 1.95 bits per heavy atom. The van der Waals surface area contributed by atoms with E-state index in [0.717, 1.165) is 16.9 Å². The first-order valence-electron chi connectivity index (χ1n) is 5.98. The highest BCUT2D eigenvalue weighted by Crippen LogP contribution is 2.32. The van der Waals surface area contributed by atoms with Gasteiger partial charge in [0.05, 0.1) is 0 Å². The van der Waals surface area contributed by atoms with Gasteiger partial charge in [0.15, 0.2) is 0 Å². The smallest absolute Gasteiger partial charge is 0.264 e. The molecule has 102 valence electrons. The fourth-order valence-electron chi connectivity index (χ4n) is 2.10. The Kier molecular flexibility index (Phi) is 3.40. The standard InChI is InChI=1S/C14H11BrClN3O/c1-8-5-10(16)6-9(2)12(8)20-14-13-17-3-4-19(13)7-11(15)18-14/h3-7H,1-2H3. The number of hydrogen-bond donors (Lipinski definition) is 0. The zero-order chi connectivity index (χ0) is 14.3. The Labute approximate surface area is 129 Å². The van der Waals surface area contributed by atoms with Crippen molar-refractivity contribution in [3.05, 3.63) is 51.5 Å². The van der Waals surface area contributed by atoms with Gasteiger partial charge >= 0.3 is 0 Å². The van der Waals surface area contributed by atoms with Crippen molar-refractivity contribution in [3.8, 4) is 11.6 Å². The van der Waals surface area contributed by atoms with Gasteiger partial charge < -0.3 is 4.74 Å². The third-order valence-electron chi connectivity index (χ3n) is 2.94. The summed E-state index contributed by atoms with van der Waals surface area (Å²) in [6.07, 6.45) is 5.38. The van der Waals surface area contributed by atoms with Gasteiger partial charge in [-0.2, -0.15) is 0 Å². The second-order valence-electron chi connectivity index (χ2n) is 4.50. The molecule has 6 heteroatoms. The van der Waals surface area contributed by atoms with E-state index < -0.39 is 0 Å². The molecule has 0 aliphatic rings. The number of benzene rings is 1. The van der Waals surface area contributed by atoms with Crippen LogP contribution in [0.25, 0.3) is 5.65 Å². The Balaban J connectivity index is 2.12. The van der Waals surface area contributed by atoms with Gasteiger partial charge in [-0.3, -0.25) is 4.40 Å². The van der Waals surface area contributed by atoms with Crippen molar-refractivity contribution in [2.75, 3.05) is 0 Å². The maximum absolute atomic E-state index is 6.03. The number of ether oxygens (including phenoxy) is 1. The molecular formula is C14H11BrClN3O. The SMILES string of the molecule is Cc1cc(Cl)cc(C)c1Oc1nc(Br)cn2ccnc12. The van der Waals surface area contributed by atoms with Gasteiger partial charge in [-0.25, -0.2) is 9.97 Å². The molecule has 2 aromatic heterocycles. The van der Waals surface area contributed by atoms with Crippen molar-refractivity contribution in [2.45, 2.75) is 13.8 Å². The topological polar surface area (TPSA) is 39.4 Å². The number of rotatable bonds is 2. The number of imidazole rings is 1. The van der Waals surface area contributed by atoms with E-state index >= 15 is 0 Å². The van der Waals surface area contributed by atoms with Crippen molar-refractivity contribution in [3.63, 3.8) is 0 Å². The molecule has 0 spiro atoms. The Morgan fingerprint density at radius 1 is 1.25 bits per heavy atom. The third kappa shape index (κ3) is 2.39. The average molecular weight is 353 g/mol. The predicted octanol–water partition coefficient (Wildman–Crippen LogP) is 4.55. The fraction of sp³-hybridized carbons (Fsp3) is 0.143. The summed E-state index contributed by atoms with van der Waals surface area (Å²) in [5, 5.41) is 0.695. The van der Waals surface area contributed by atoms with Gasteiger partial charge in [0, 0.05) is 23.6 Å². The number of aryl methyl sites for hydroxylation is 2. The molecule has 0 unspecified atom stereocenters.